The lowest BCUT2D eigenvalue weighted by molar-refractivity contribution is 0.152. The number of ether oxygens (including phenoxy) is 1. The fourth-order valence-electron chi connectivity index (χ4n) is 1.89. The number of nitrogens with one attached hydrogen (secondary N) is 1. The average molecular weight is 339 g/mol. The van der Waals surface area contributed by atoms with Crippen molar-refractivity contribution in [3.05, 3.63) is 52.1 Å². The number of halogens is 2. The monoisotopic (exact) mass is 338 g/mol. The summed E-state index contributed by atoms with van der Waals surface area (Å²) in [6.45, 7) is 4.14. The van der Waals surface area contributed by atoms with Gasteiger partial charge in [0.1, 0.15) is 11.0 Å². The van der Waals surface area contributed by atoms with E-state index < -0.39 is 6.09 Å². The normalized spacial score (nSPS) is 11.0. The van der Waals surface area contributed by atoms with Crippen molar-refractivity contribution >= 4 is 23.9 Å². The molecule has 2 rings (SSSR count). The molecule has 0 saturated carbocycles. The van der Waals surface area contributed by atoms with Gasteiger partial charge in [-0.15, -0.1) is 0 Å². The molecule has 0 spiro atoms. The fourth-order valence-corrected chi connectivity index (χ4v) is 2.18. The van der Waals surface area contributed by atoms with Crippen molar-refractivity contribution in [1.82, 2.24) is 15.2 Å². The van der Waals surface area contributed by atoms with Crippen molar-refractivity contribution in [2.75, 3.05) is 6.61 Å². The van der Waals surface area contributed by atoms with Crippen LogP contribution >= 0.6 is 11.6 Å². The highest BCUT2D eigenvalue weighted by atomic mass is 35.5. The van der Waals surface area contributed by atoms with E-state index in [4.69, 9.17) is 11.6 Å². The topological polar surface area (TPSA) is 68.5 Å². The van der Waals surface area contributed by atoms with Gasteiger partial charge in [-0.3, -0.25) is 0 Å². The molecule has 1 amide bonds. The number of hydrogen-bond acceptors (Lipinski definition) is 4. The molecule has 1 N–H and O–H groups in total. The number of amides is 1. The molecule has 0 bridgehead atoms. The van der Waals surface area contributed by atoms with E-state index in [1.54, 1.807) is 30.7 Å². The van der Waals surface area contributed by atoms with Crippen molar-refractivity contribution in [1.29, 1.82) is 0 Å². The zero-order valence-electron chi connectivity index (χ0n) is 12.7. The molecule has 0 fully saturated rings. The van der Waals surface area contributed by atoms with Gasteiger partial charge in [-0.2, -0.15) is 10.2 Å². The van der Waals surface area contributed by atoms with E-state index in [1.807, 2.05) is 0 Å². The van der Waals surface area contributed by atoms with Gasteiger partial charge in [0.2, 0.25) is 0 Å². The predicted molar refractivity (Wildman–Crippen MR) is 85.2 cm³/mol. The van der Waals surface area contributed by atoms with Gasteiger partial charge in [0.25, 0.3) is 0 Å². The largest absolute Gasteiger partial charge is 0.449 e. The minimum atomic E-state index is -0.642. The second kappa shape index (κ2) is 7.73. The zero-order chi connectivity index (χ0) is 16.8. The summed E-state index contributed by atoms with van der Waals surface area (Å²) in [5.74, 6) is -0.297. The number of aryl methyl sites for hydroxylation is 1. The lowest BCUT2D eigenvalue weighted by Crippen LogP contribution is -2.18. The first-order chi connectivity index (χ1) is 11.0. The molecule has 1 heterocycles. The van der Waals surface area contributed by atoms with Crippen LogP contribution in [-0.2, 0) is 11.3 Å². The van der Waals surface area contributed by atoms with Gasteiger partial charge in [0.15, 0.2) is 0 Å². The second-order valence-electron chi connectivity index (χ2n) is 4.66. The Morgan fingerprint density at radius 2 is 2.17 bits per heavy atom. The fraction of sp³-hybridized carbons (Fsp3) is 0.267. The van der Waals surface area contributed by atoms with Crippen LogP contribution in [0.1, 0.15) is 23.7 Å². The maximum absolute atomic E-state index is 12.9. The smallest absolute Gasteiger partial charge is 0.427 e. The highest BCUT2D eigenvalue weighted by Gasteiger charge is 2.12. The number of carbonyl (C=O) groups excluding carboxylic acids is 1. The highest BCUT2D eigenvalue weighted by molar-refractivity contribution is 6.32. The summed E-state index contributed by atoms with van der Waals surface area (Å²) in [6, 6.07) is 6.09. The van der Waals surface area contributed by atoms with E-state index >= 15 is 0 Å². The first-order valence-corrected chi connectivity index (χ1v) is 7.32. The number of aromatic nitrogens is 2. The molecule has 0 aliphatic carbocycles. The molecule has 0 radical (unpaired) electrons. The van der Waals surface area contributed by atoms with E-state index in [0.717, 1.165) is 5.56 Å². The SMILES string of the molecule is CCOC(=O)NN=Cc1c(C)nn(Cc2ccc(F)cc2)c1Cl. The van der Waals surface area contributed by atoms with Crippen molar-refractivity contribution in [2.24, 2.45) is 5.10 Å². The number of hydrogen-bond donors (Lipinski definition) is 1. The Kier molecular flexibility index (Phi) is 5.70. The van der Waals surface area contributed by atoms with E-state index in [-0.39, 0.29) is 12.4 Å². The second-order valence-corrected chi connectivity index (χ2v) is 5.02. The van der Waals surface area contributed by atoms with Gasteiger partial charge in [-0.25, -0.2) is 19.3 Å². The average Bonchev–Trinajstić information content (AvgIpc) is 2.77. The van der Waals surface area contributed by atoms with Gasteiger partial charge in [0.05, 0.1) is 30.6 Å². The Hall–Kier alpha value is -2.41. The molecule has 2 aromatic rings. The highest BCUT2D eigenvalue weighted by Crippen LogP contribution is 2.19. The molecule has 23 heavy (non-hydrogen) atoms. The minimum absolute atomic E-state index is 0.261. The molecule has 1 aromatic heterocycles. The Bertz CT molecular complexity index is 713. The van der Waals surface area contributed by atoms with Crippen LogP contribution in [-0.4, -0.2) is 28.7 Å². The van der Waals surface area contributed by atoms with Gasteiger partial charge in [-0.05, 0) is 31.5 Å². The summed E-state index contributed by atoms with van der Waals surface area (Å²) in [6.07, 6.45) is 0.763. The number of rotatable bonds is 5. The van der Waals surface area contributed by atoms with Crippen LogP contribution in [0.3, 0.4) is 0 Å². The van der Waals surface area contributed by atoms with Crippen molar-refractivity contribution in [3.8, 4) is 0 Å². The lowest BCUT2D eigenvalue weighted by Gasteiger charge is -2.03. The Balaban J connectivity index is 2.11. The third-order valence-electron chi connectivity index (χ3n) is 2.98. The summed E-state index contributed by atoms with van der Waals surface area (Å²) in [7, 11) is 0. The van der Waals surface area contributed by atoms with Gasteiger partial charge >= 0.3 is 6.09 Å². The Morgan fingerprint density at radius 1 is 1.48 bits per heavy atom. The molecule has 0 aliphatic heterocycles. The summed E-state index contributed by atoms with van der Waals surface area (Å²) < 4.78 is 19.2. The minimum Gasteiger partial charge on any atom is -0.449 e. The molecule has 0 unspecified atom stereocenters. The molecular formula is C15H16ClFN4O2. The summed E-state index contributed by atoms with van der Waals surface area (Å²) in [5, 5.41) is 8.47. The van der Waals surface area contributed by atoms with Gasteiger partial charge in [-0.1, -0.05) is 23.7 Å². The quantitative estimate of drug-likeness (QED) is 0.672. The van der Waals surface area contributed by atoms with Crippen LogP contribution in [0.15, 0.2) is 29.4 Å². The van der Waals surface area contributed by atoms with E-state index in [2.05, 4.69) is 20.4 Å². The first-order valence-electron chi connectivity index (χ1n) is 6.94. The molecule has 1 aromatic carbocycles. The maximum atomic E-state index is 12.9. The number of carbonyl (C=O) groups is 1. The third kappa shape index (κ3) is 4.53. The first kappa shape index (κ1) is 17.0. The van der Waals surface area contributed by atoms with E-state index in [1.165, 1.54) is 18.3 Å². The molecular weight excluding hydrogens is 323 g/mol. The van der Waals surface area contributed by atoms with Crippen molar-refractivity contribution in [3.63, 3.8) is 0 Å². The zero-order valence-corrected chi connectivity index (χ0v) is 13.5. The van der Waals surface area contributed by atoms with Crippen molar-refractivity contribution < 1.29 is 13.9 Å². The van der Waals surface area contributed by atoms with Crippen molar-refractivity contribution in [2.45, 2.75) is 20.4 Å². The van der Waals surface area contributed by atoms with Crippen LogP contribution in [0.4, 0.5) is 9.18 Å². The molecule has 0 aliphatic rings. The lowest BCUT2D eigenvalue weighted by atomic mass is 10.2. The van der Waals surface area contributed by atoms with Crippen LogP contribution in [0.5, 0.6) is 0 Å². The van der Waals surface area contributed by atoms with Gasteiger partial charge in [0, 0.05) is 0 Å². The number of hydrazone groups is 1. The molecule has 8 heteroatoms. The molecule has 122 valence electrons. The Morgan fingerprint density at radius 3 is 2.83 bits per heavy atom. The van der Waals surface area contributed by atoms with E-state index in [0.29, 0.717) is 23.0 Å². The summed E-state index contributed by atoms with van der Waals surface area (Å²) >= 11 is 6.28. The van der Waals surface area contributed by atoms with Crippen LogP contribution < -0.4 is 5.43 Å². The molecule has 0 atom stereocenters. The predicted octanol–water partition coefficient (Wildman–Crippen LogP) is 3.11. The van der Waals surface area contributed by atoms with Crippen LogP contribution in [0, 0.1) is 12.7 Å². The Labute approximate surface area is 137 Å². The van der Waals surface area contributed by atoms with E-state index in [9.17, 15) is 9.18 Å². The van der Waals surface area contributed by atoms with Gasteiger partial charge < -0.3 is 4.74 Å². The van der Waals surface area contributed by atoms with Crippen LogP contribution in [0.25, 0.3) is 0 Å². The molecule has 6 nitrogen and oxygen atoms in total. The third-order valence-corrected chi connectivity index (χ3v) is 3.38. The maximum Gasteiger partial charge on any atom is 0.427 e. The standard InChI is InChI=1S/C15H16ClFN4O2/c1-3-23-15(22)19-18-8-13-10(2)20-21(14(13)16)9-11-4-6-12(17)7-5-11/h4-8H,3,9H2,1-2H3,(H,19,22). The number of nitrogens with zero attached hydrogens (tertiary/aromatic N) is 3. The summed E-state index contributed by atoms with van der Waals surface area (Å²) in [4.78, 5) is 11.1. The van der Waals surface area contributed by atoms with Crippen LogP contribution in [0.2, 0.25) is 5.15 Å². The number of benzene rings is 1. The summed E-state index contributed by atoms with van der Waals surface area (Å²) in [5.41, 5.74) is 4.33. The molecule has 0 saturated heterocycles.